The molecule has 0 radical (unpaired) electrons. The van der Waals surface area contributed by atoms with Crippen LogP contribution in [0.4, 0.5) is 21.5 Å². The second kappa shape index (κ2) is 13.3. The molecule has 8 nitrogen and oxygen atoms in total. The molecule has 12 heteroatoms. The zero-order valence-electron chi connectivity index (χ0n) is 26.5. The van der Waals surface area contributed by atoms with Gasteiger partial charge >= 0.3 is 0 Å². The minimum absolute atomic E-state index is 0.0229. The van der Waals surface area contributed by atoms with Crippen molar-refractivity contribution >= 4 is 62.8 Å². The van der Waals surface area contributed by atoms with Gasteiger partial charge in [-0.1, -0.05) is 52.1 Å². The van der Waals surface area contributed by atoms with Crippen LogP contribution < -0.4 is 10.2 Å². The van der Waals surface area contributed by atoms with Crippen molar-refractivity contribution in [1.29, 1.82) is 5.26 Å². The van der Waals surface area contributed by atoms with Crippen LogP contribution in [0.15, 0.2) is 67.0 Å². The third-order valence-electron chi connectivity index (χ3n) is 8.77. The average Bonchev–Trinajstić information content (AvgIpc) is 3.54. The zero-order valence-corrected chi connectivity index (χ0v) is 28.7. The number of hydrogen-bond acceptors (Lipinski definition) is 7. The van der Waals surface area contributed by atoms with Gasteiger partial charge in [0.2, 0.25) is 0 Å². The highest BCUT2D eigenvalue weighted by atomic mass is 35.5. The third kappa shape index (κ3) is 6.88. The van der Waals surface area contributed by atoms with Crippen molar-refractivity contribution in [3.05, 3.63) is 105 Å². The first-order valence-electron chi connectivity index (χ1n) is 15.3. The number of aromatic nitrogens is 4. The van der Waals surface area contributed by atoms with Gasteiger partial charge in [-0.05, 0) is 81.6 Å². The molecule has 0 bridgehead atoms. The number of nitrogens with one attached hydrogen (secondary N) is 1. The lowest BCUT2D eigenvalue weighted by atomic mass is 9.98. The topological polar surface area (TPSA) is 85.9 Å². The molecular weight excluding hydrogens is 658 g/mol. The summed E-state index contributed by atoms with van der Waals surface area (Å²) in [5.74, 6) is -0.529. The van der Waals surface area contributed by atoms with Crippen LogP contribution in [0.5, 0.6) is 0 Å². The van der Waals surface area contributed by atoms with Crippen LogP contribution in [0.25, 0.3) is 10.9 Å². The number of piperidine rings is 1. The van der Waals surface area contributed by atoms with Gasteiger partial charge in [-0.3, -0.25) is 9.88 Å². The predicted octanol–water partition coefficient (Wildman–Crippen LogP) is 9.20. The summed E-state index contributed by atoms with van der Waals surface area (Å²) in [6.07, 6.45) is 5.48. The van der Waals surface area contributed by atoms with E-state index in [1.807, 2.05) is 41.2 Å². The van der Waals surface area contributed by atoms with Crippen LogP contribution in [-0.4, -0.2) is 50.6 Å². The number of halogens is 4. The molecule has 1 aliphatic rings. The van der Waals surface area contributed by atoms with Crippen molar-refractivity contribution in [2.45, 2.75) is 51.2 Å². The molecule has 0 amide bonds. The predicted molar refractivity (Wildman–Crippen MR) is 187 cm³/mol. The van der Waals surface area contributed by atoms with E-state index in [0.29, 0.717) is 43.6 Å². The Hall–Kier alpha value is -3.94. The molecule has 5 aromatic rings. The molecule has 0 aliphatic carbocycles. The molecule has 1 aliphatic heterocycles. The minimum Gasteiger partial charge on any atom is -0.373 e. The van der Waals surface area contributed by atoms with Crippen molar-refractivity contribution in [2.24, 2.45) is 0 Å². The molecule has 2 aromatic heterocycles. The number of nitriles is 1. The van der Waals surface area contributed by atoms with Gasteiger partial charge in [-0.2, -0.15) is 5.26 Å². The Morgan fingerprint density at radius 3 is 2.40 bits per heavy atom. The summed E-state index contributed by atoms with van der Waals surface area (Å²) >= 11 is 19.2. The first kappa shape index (κ1) is 33.0. The Morgan fingerprint density at radius 2 is 1.74 bits per heavy atom. The van der Waals surface area contributed by atoms with Gasteiger partial charge in [0.1, 0.15) is 17.6 Å². The molecule has 0 spiro atoms. The maximum absolute atomic E-state index is 14.0. The zero-order chi connectivity index (χ0) is 33.5. The number of hydrogen-bond donors (Lipinski definition) is 1. The number of fused-ring (bicyclic) bond motifs is 1. The van der Waals surface area contributed by atoms with E-state index in [-0.39, 0.29) is 16.6 Å². The van der Waals surface area contributed by atoms with Gasteiger partial charge in [-0.15, -0.1) is 5.10 Å². The molecule has 1 atom stereocenters. The van der Waals surface area contributed by atoms with E-state index in [2.05, 4.69) is 52.4 Å². The van der Waals surface area contributed by atoms with Gasteiger partial charge in [0.15, 0.2) is 0 Å². The second-order valence-corrected chi connectivity index (χ2v) is 14.0. The normalized spacial score (nSPS) is 15.0. The van der Waals surface area contributed by atoms with Crippen LogP contribution in [0, 0.1) is 17.1 Å². The fraction of sp³-hybridized carbons (Fsp3) is 0.314. The Morgan fingerprint density at radius 1 is 1.02 bits per heavy atom. The Bertz CT molecular complexity index is 1960. The van der Waals surface area contributed by atoms with E-state index in [1.54, 1.807) is 24.1 Å². The lowest BCUT2D eigenvalue weighted by molar-refractivity contribution is 0.0866. The average molecular weight is 692 g/mol. The number of likely N-dealkylation sites (tertiary alicyclic amines) is 1. The molecule has 3 aromatic carbocycles. The number of anilines is 3. The molecule has 242 valence electrons. The highest BCUT2D eigenvalue weighted by Gasteiger charge is 2.29. The Balaban J connectivity index is 1.38. The van der Waals surface area contributed by atoms with E-state index in [9.17, 15) is 9.65 Å². The molecule has 1 fully saturated rings. The summed E-state index contributed by atoms with van der Waals surface area (Å²) in [5.41, 5.74) is 4.48. The van der Waals surface area contributed by atoms with Crippen molar-refractivity contribution in [3.8, 4) is 6.07 Å². The minimum atomic E-state index is -0.529. The first-order valence-corrected chi connectivity index (χ1v) is 16.5. The molecule has 47 heavy (non-hydrogen) atoms. The Labute approximate surface area is 288 Å². The van der Waals surface area contributed by atoms with Gasteiger partial charge in [0, 0.05) is 53.7 Å². The summed E-state index contributed by atoms with van der Waals surface area (Å²) in [6.45, 7) is 8.74. The third-order valence-corrected chi connectivity index (χ3v) is 9.60. The fourth-order valence-corrected chi connectivity index (χ4v) is 6.72. The molecule has 0 saturated carbocycles. The molecule has 6 rings (SSSR count). The summed E-state index contributed by atoms with van der Waals surface area (Å²) in [5, 5.41) is 24.5. The van der Waals surface area contributed by atoms with Crippen LogP contribution in [0.1, 0.15) is 62.5 Å². The van der Waals surface area contributed by atoms with Gasteiger partial charge in [0.05, 0.1) is 45.1 Å². The van der Waals surface area contributed by atoms with E-state index >= 15 is 0 Å². The van der Waals surface area contributed by atoms with Gasteiger partial charge in [-0.25, -0.2) is 9.07 Å². The first-order chi connectivity index (χ1) is 22.4. The molecule has 0 unspecified atom stereocenters. The molecular formula is C35H34Cl3FN8. The number of nitrogens with zero attached hydrogens (tertiary/aromatic N) is 7. The summed E-state index contributed by atoms with van der Waals surface area (Å²) < 4.78 is 16.0. The number of rotatable bonds is 7. The number of benzene rings is 3. The van der Waals surface area contributed by atoms with E-state index in [1.165, 1.54) is 18.3 Å². The number of pyridine rings is 1. The monoisotopic (exact) mass is 690 g/mol. The maximum atomic E-state index is 14.0. The standard InChI is InChI=1S/C35H34Cl3FN8/c1-35(2,3)46-13-11-25(12-14-46)47-20-31(43-44-47)32(21-5-7-23(36)8-6-21)42-24-15-27-33(29(38)16-24)41-19-22(18-40)34(27)45(4)26-9-10-30(39)28(37)17-26/h5-10,15-17,19-20,25,32,42H,11-14H2,1-4H3/t32-/m0/s1. The van der Waals surface area contributed by atoms with E-state index < -0.39 is 11.9 Å². The molecule has 1 saturated heterocycles. The SMILES string of the molecule is CN(c1ccc(F)c(Cl)c1)c1c(C#N)cnc2c(Cl)cc(N[C@@H](c3ccc(Cl)cc3)c3cn(C4CCN(C(C)(C)C)CC4)nn3)cc12. The summed E-state index contributed by atoms with van der Waals surface area (Å²) in [4.78, 5) is 8.79. The van der Waals surface area contributed by atoms with Gasteiger partial charge < -0.3 is 10.2 Å². The van der Waals surface area contributed by atoms with Crippen molar-refractivity contribution < 1.29 is 4.39 Å². The lowest BCUT2D eigenvalue weighted by Crippen LogP contribution is -2.46. The largest absolute Gasteiger partial charge is 0.373 e. The molecule has 1 N–H and O–H groups in total. The van der Waals surface area contributed by atoms with Crippen molar-refractivity contribution in [2.75, 3.05) is 30.4 Å². The van der Waals surface area contributed by atoms with Crippen LogP contribution in [0.2, 0.25) is 15.1 Å². The van der Waals surface area contributed by atoms with Gasteiger partial charge in [0.25, 0.3) is 0 Å². The quantitative estimate of drug-likeness (QED) is 0.182. The molecule has 3 heterocycles. The van der Waals surface area contributed by atoms with Crippen LogP contribution >= 0.6 is 34.8 Å². The highest BCUT2D eigenvalue weighted by Crippen LogP contribution is 2.40. The Kier molecular flexibility index (Phi) is 9.32. The summed E-state index contributed by atoms with van der Waals surface area (Å²) in [7, 11) is 1.79. The van der Waals surface area contributed by atoms with Crippen LogP contribution in [-0.2, 0) is 0 Å². The van der Waals surface area contributed by atoms with Crippen LogP contribution in [0.3, 0.4) is 0 Å². The lowest BCUT2D eigenvalue weighted by Gasteiger charge is -2.40. The van der Waals surface area contributed by atoms with Crippen molar-refractivity contribution in [3.63, 3.8) is 0 Å². The van der Waals surface area contributed by atoms with Crippen molar-refractivity contribution in [1.82, 2.24) is 24.9 Å². The fourth-order valence-electron chi connectivity index (χ4n) is 6.15. The van der Waals surface area contributed by atoms with E-state index in [4.69, 9.17) is 34.8 Å². The smallest absolute Gasteiger partial charge is 0.141 e. The second-order valence-electron chi connectivity index (χ2n) is 12.8. The summed E-state index contributed by atoms with van der Waals surface area (Å²) in [6, 6.07) is 17.8. The highest BCUT2D eigenvalue weighted by molar-refractivity contribution is 6.36. The van der Waals surface area contributed by atoms with E-state index in [0.717, 1.165) is 37.2 Å². The maximum Gasteiger partial charge on any atom is 0.141 e.